The van der Waals surface area contributed by atoms with Gasteiger partial charge in [0.15, 0.2) is 0 Å². The molecule has 1 aromatic rings. The summed E-state index contributed by atoms with van der Waals surface area (Å²) in [5, 5.41) is 3.50. The summed E-state index contributed by atoms with van der Waals surface area (Å²) in [5.41, 5.74) is 3.38. The molecule has 2 nitrogen and oxygen atoms in total. The summed E-state index contributed by atoms with van der Waals surface area (Å²) in [5.74, 6) is 0. The molecule has 0 aromatic heterocycles. The maximum absolute atomic E-state index is 3.50. The van der Waals surface area contributed by atoms with Crippen molar-refractivity contribution in [2.75, 3.05) is 13.1 Å². The average Bonchev–Trinajstić information content (AvgIpc) is 2.58. The lowest BCUT2D eigenvalue weighted by atomic mass is 9.85. The van der Waals surface area contributed by atoms with Gasteiger partial charge in [-0.25, -0.2) is 0 Å². The van der Waals surface area contributed by atoms with E-state index in [4.69, 9.17) is 0 Å². The van der Waals surface area contributed by atoms with Gasteiger partial charge in [0, 0.05) is 19.1 Å². The molecule has 0 amide bonds. The zero-order valence-corrected chi connectivity index (χ0v) is 14.3. The van der Waals surface area contributed by atoms with Crippen molar-refractivity contribution in [3.63, 3.8) is 0 Å². The van der Waals surface area contributed by atoms with E-state index in [0.29, 0.717) is 11.5 Å². The molecule has 1 aromatic carbocycles. The number of nitrogens with zero attached hydrogens (tertiary/aromatic N) is 1. The second-order valence-electron chi connectivity index (χ2n) is 7.65. The average molecular weight is 288 g/mol. The summed E-state index contributed by atoms with van der Waals surface area (Å²) in [4.78, 5) is 2.63. The molecule has 0 saturated carbocycles. The highest BCUT2D eigenvalue weighted by Crippen LogP contribution is 2.30. The molecule has 1 fully saturated rings. The second-order valence-corrected chi connectivity index (χ2v) is 7.65. The normalized spacial score (nSPS) is 19.7. The molecule has 118 valence electrons. The Kier molecular flexibility index (Phi) is 5.83. The van der Waals surface area contributed by atoms with E-state index in [1.165, 1.54) is 43.5 Å². The van der Waals surface area contributed by atoms with E-state index in [9.17, 15) is 0 Å². The number of rotatable bonds is 5. The fourth-order valence-corrected chi connectivity index (χ4v) is 3.06. The minimum absolute atomic E-state index is 0.526. The summed E-state index contributed by atoms with van der Waals surface area (Å²) in [6, 6.07) is 9.61. The maximum atomic E-state index is 3.50. The van der Waals surface area contributed by atoms with E-state index in [-0.39, 0.29) is 0 Å². The van der Waals surface area contributed by atoms with Crippen molar-refractivity contribution >= 4 is 0 Å². The van der Waals surface area contributed by atoms with E-state index in [2.05, 4.69) is 62.2 Å². The molecule has 2 heteroatoms. The molecule has 2 rings (SSSR count). The van der Waals surface area contributed by atoms with Gasteiger partial charge in [-0.3, -0.25) is 4.90 Å². The third kappa shape index (κ3) is 5.80. The van der Waals surface area contributed by atoms with Crippen LogP contribution < -0.4 is 5.32 Å². The van der Waals surface area contributed by atoms with Crippen LogP contribution in [-0.2, 0) is 13.1 Å². The van der Waals surface area contributed by atoms with Crippen molar-refractivity contribution in [1.29, 1.82) is 0 Å². The lowest BCUT2D eigenvalue weighted by Crippen LogP contribution is -2.25. The SMILES string of the molecule is CC(C)NCc1cccc(CN2CCCC(C)(C)CC2)c1. The number of nitrogens with one attached hydrogen (secondary N) is 1. The molecule has 0 radical (unpaired) electrons. The van der Waals surface area contributed by atoms with Gasteiger partial charge in [-0.15, -0.1) is 0 Å². The first-order chi connectivity index (χ1) is 9.94. The van der Waals surface area contributed by atoms with Crippen LogP contribution in [0.2, 0.25) is 0 Å². The minimum atomic E-state index is 0.526. The van der Waals surface area contributed by atoms with Gasteiger partial charge in [-0.1, -0.05) is 52.0 Å². The van der Waals surface area contributed by atoms with Crippen LogP contribution in [0.15, 0.2) is 24.3 Å². The quantitative estimate of drug-likeness (QED) is 0.873. The molecule has 21 heavy (non-hydrogen) atoms. The third-order valence-corrected chi connectivity index (χ3v) is 4.54. The number of hydrogen-bond donors (Lipinski definition) is 1. The number of likely N-dealkylation sites (tertiary alicyclic amines) is 1. The number of benzene rings is 1. The Morgan fingerprint density at radius 3 is 2.67 bits per heavy atom. The highest BCUT2D eigenvalue weighted by molar-refractivity contribution is 5.23. The highest BCUT2D eigenvalue weighted by atomic mass is 15.1. The largest absolute Gasteiger partial charge is 0.310 e. The molecule has 1 heterocycles. The molecule has 0 spiro atoms. The van der Waals surface area contributed by atoms with Crippen molar-refractivity contribution in [2.45, 2.75) is 66.1 Å². The fraction of sp³-hybridized carbons (Fsp3) is 0.684. The Hall–Kier alpha value is -0.860. The minimum Gasteiger partial charge on any atom is -0.310 e. The van der Waals surface area contributed by atoms with Gasteiger partial charge in [-0.2, -0.15) is 0 Å². The van der Waals surface area contributed by atoms with Crippen LogP contribution in [0.4, 0.5) is 0 Å². The van der Waals surface area contributed by atoms with Gasteiger partial charge >= 0.3 is 0 Å². The van der Waals surface area contributed by atoms with Crippen molar-refractivity contribution < 1.29 is 0 Å². The Morgan fingerprint density at radius 1 is 1.14 bits per heavy atom. The molecular weight excluding hydrogens is 256 g/mol. The smallest absolute Gasteiger partial charge is 0.0233 e. The first-order valence-corrected chi connectivity index (χ1v) is 8.48. The molecular formula is C19H32N2. The van der Waals surface area contributed by atoms with Gasteiger partial charge in [0.05, 0.1) is 0 Å². The van der Waals surface area contributed by atoms with Crippen LogP contribution in [0.1, 0.15) is 58.1 Å². The fourth-order valence-electron chi connectivity index (χ4n) is 3.06. The molecule has 1 N–H and O–H groups in total. The summed E-state index contributed by atoms with van der Waals surface area (Å²) < 4.78 is 0. The van der Waals surface area contributed by atoms with Gasteiger partial charge in [0.25, 0.3) is 0 Å². The van der Waals surface area contributed by atoms with Gasteiger partial charge in [0.1, 0.15) is 0 Å². The maximum Gasteiger partial charge on any atom is 0.0233 e. The van der Waals surface area contributed by atoms with Crippen LogP contribution in [0, 0.1) is 5.41 Å². The third-order valence-electron chi connectivity index (χ3n) is 4.54. The molecule has 1 aliphatic heterocycles. The standard InChI is InChI=1S/C19H32N2/c1-16(2)20-14-17-7-5-8-18(13-17)15-21-11-6-9-19(3,4)10-12-21/h5,7-8,13,16,20H,6,9-12,14-15H2,1-4H3. The predicted molar refractivity (Wildman–Crippen MR) is 91.3 cm³/mol. The van der Waals surface area contributed by atoms with Crippen LogP contribution in [0.25, 0.3) is 0 Å². The lowest BCUT2D eigenvalue weighted by molar-refractivity contribution is 0.256. The van der Waals surface area contributed by atoms with Crippen molar-refractivity contribution in [3.05, 3.63) is 35.4 Å². The lowest BCUT2D eigenvalue weighted by Gasteiger charge is -2.23. The molecule has 0 unspecified atom stereocenters. The number of hydrogen-bond acceptors (Lipinski definition) is 2. The molecule has 0 aliphatic carbocycles. The molecule has 0 bridgehead atoms. The highest BCUT2D eigenvalue weighted by Gasteiger charge is 2.22. The van der Waals surface area contributed by atoms with Crippen LogP contribution in [0.3, 0.4) is 0 Å². The van der Waals surface area contributed by atoms with Crippen molar-refractivity contribution in [1.82, 2.24) is 10.2 Å². The van der Waals surface area contributed by atoms with Gasteiger partial charge < -0.3 is 5.32 Å². The second kappa shape index (κ2) is 7.42. The van der Waals surface area contributed by atoms with Crippen molar-refractivity contribution in [3.8, 4) is 0 Å². The van der Waals surface area contributed by atoms with E-state index in [0.717, 1.165) is 13.1 Å². The molecule has 0 atom stereocenters. The summed E-state index contributed by atoms with van der Waals surface area (Å²) in [7, 11) is 0. The Labute approximate surface area is 130 Å². The van der Waals surface area contributed by atoms with E-state index < -0.39 is 0 Å². The van der Waals surface area contributed by atoms with Crippen LogP contribution >= 0.6 is 0 Å². The van der Waals surface area contributed by atoms with E-state index in [1.54, 1.807) is 0 Å². The first-order valence-electron chi connectivity index (χ1n) is 8.48. The van der Waals surface area contributed by atoms with Gasteiger partial charge in [-0.05, 0) is 48.9 Å². The Morgan fingerprint density at radius 2 is 1.90 bits per heavy atom. The summed E-state index contributed by atoms with van der Waals surface area (Å²) >= 11 is 0. The van der Waals surface area contributed by atoms with E-state index >= 15 is 0 Å². The van der Waals surface area contributed by atoms with Crippen molar-refractivity contribution in [2.24, 2.45) is 5.41 Å². The molecule has 1 saturated heterocycles. The zero-order chi connectivity index (χ0) is 15.3. The predicted octanol–water partition coefficient (Wildman–Crippen LogP) is 4.20. The van der Waals surface area contributed by atoms with Crippen LogP contribution in [-0.4, -0.2) is 24.0 Å². The monoisotopic (exact) mass is 288 g/mol. The summed E-state index contributed by atoms with van der Waals surface area (Å²) in [6.45, 7) is 13.8. The summed E-state index contributed by atoms with van der Waals surface area (Å²) in [6.07, 6.45) is 4.02. The molecule has 1 aliphatic rings. The zero-order valence-electron chi connectivity index (χ0n) is 14.3. The Bertz CT molecular complexity index is 437. The van der Waals surface area contributed by atoms with E-state index in [1.807, 2.05) is 0 Å². The Balaban J connectivity index is 1.91. The first kappa shape index (κ1) is 16.5. The topological polar surface area (TPSA) is 15.3 Å². The van der Waals surface area contributed by atoms with Crippen LogP contribution in [0.5, 0.6) is 0 Å². The van der Waals surface area contributed by atoms with Gasteiger partial charge in [0.2, 0.25) is 0 Å².